The Bertz CT molecular complexity index is 935. The van der Waals surface area contributed by atoms with Crippen LogP contribution in [0, 0.1) is 5.82 Å². The summed E-state index contributed by atoms with van der Waals surface area (Å²) < 4.78 is 21.7. The molecule has 162 valence electrons. The lowest BCUT2D eigenvalue weighted by Gasteiger charge is -2.24. The molecule has 2 aromatic rings. The molecule has 9 heteroatoms. The quantitative estimate of drug-likeness (QED) is 0.821. The molecule has 1 N–H and O–H groups in total. The molecule has 0 bridgehead atoms. The Hall–Kier alpha value is -2.97. The molecular formula is C21H28FN5O3. The summed E-state index contributed by atoms with van der Waals surface area (Å²) in [5, 5.41) is 11.1. The smallest absolute Gasteiger partial charge is 0.410 e. The van der Waals surface area contributed by atoms with Gasteiger partial charge in [-0.15, -0.1) is 10.2 Å². The molecule has 2 heterocycles. The number of amides is 2. The molecule has 0 unspecified atom stereocenters. The van der Waals surface area contributed by atoms with Gasteiger partial charge in [-0.25, -0.2) is 9.18 Å². The number of carbonyl (C=O) groups excluding carboxylic acids is 2. The van der Waals surface area contributed by atoms with Crippen molar-refractivity contribution in [2.45, 2.75) is 58.6 Å². The van der Waals surface area contributed by atoms with Gasteiger partial charge in [0, 0.05) is 25.7 Å². The average molecular weight is 417 g/mol. The maximum absolute atomic E-state index is 14.6. The van der Waals surface area contributed by atoms with Gasteiger partial charge in [0.2, 0.25) is 5.91 Å². The topological polar surface area (TPSA) is 89.4 Å². The van der Waals surface area contributed by atoms with Gasteiger partial charge in [-0.05, 0) is 51.8 Å². The van der Waals surface area contributed by atoms with Crippen LogP contribution >= 0.6 is 0 Å². The minimum atomic E-state index is -0.649. The van der Waals surface area contributed by atoms with Crippen molar-refractivity contribution in [2.24, 2.45) is 0 Å². The van der Waals surface area contributed by atoms with E-state index < -0.39 is 23.4 Å². The Kier molecular flexibility index (Phi) is 6.38. The fourth-order valence-corrected chi connectivity index (χ4v) is 3.28. The van der Waals surface area contributed by atoms with E-state index in [0.29, 0.717) is 11.5 Å². The molecular weight excluding hydrogens is 389 g/mol. The fraction of sp³-hybridized carbons (Fsp3) is 0.524. The molecule has 0 aliphatic carbocycles. The van der Waals surface area contributed by atoms with Crippen LogP contribution in [0.2, 0.25) is 0 Å². The second-order valence-corrected chi connectivity index (χ2v) is 8.48. The number of hydrogen-bond donors (Lipinski definition) is 1. The number of benzene rings is 1. The van der Waals surface area contributed by atoms with Crippen molar-refractivity contribution in [3.8, 4) is 11.4 Å². The molecule has 30 heavy (non-hydrogen) atoms. The number of carbonyl (C=O) groups is 2. The largest absolute Gasteiger partial charge is 0.444 e. The number of hydrogen-bond acceptors (Lipinski definition) is 5. The Morgan fingerprint density at radius 1 is 1.23 bits per heavy atom. The number of rotatable bonds is 4. The number of nitrogens with one attached hydrogen (secondary N) is 1. The highest BCUT2D eigenvalue weighted by Gasteiger charge is 2.22. The van der Waals surface area contributed by atoms with Gasteiger partial charge < -0.3 is 19.5 Å². The first-order chi connectivity index (χ1) is 14.1. The summed E-state index contributed by atoms with van der Waals surface area (Å²) in [6.07, 6.45) is 3.37. The van der Waals surface area contributed by atoms with Gasteiger partial charge >= 0.3 is 6.09 Å². The van der Waals surface area contributed by atoms with E-state index in [1.807, 2.05) is 4.57 Å². The minimum absolute atomic E-state index is 0.193. The highest BCUT2D eigenvalue weighted by Crippen LogP contribution is 2.27. The standard InChI is InChI=1S/C21H28FN5O3/c1-21(2,3)30-20(29)26(4)13-18(28)23-14-9-10-16(22)15(12-14)19-25-24-17-8-6-5-7-11-27(17)19/h9-10,12H,5-8,11,13H2,1-4H3,(H,23,28). The third-order valence-corrected chi connectivity index (χ3v) is 4.69. The van der Waals surface area contributed by atoms with Crippen molar-refractivity contribution in [1.82, 2.24) is 19.7 Å². The van der Waals surface area contributed by atoms with Crippen molar-refractivity contribution in [2.75, 3.05) is 18.9 Å². The van der Waals surface area contributed by atoms with E-state index in [-0.39, 0.29) is 12.1 Å². The molecule has 3 rings (SSSR count). The summed E-state index contributed by atoms with van der Waals surface area (Å²) >= 11 is 0. The summed E-state index contributed by atoms with van der Waals surface area (Å²) in [4.78, 5) is 25.6. The number of aryl methyl sites for hydroxylation is 1. The molecule has 0 saturated heterocycles. The van der Waals surface area contributed by atoms with Crippen LogP contribution in [0.25, 0.3) is 11.4 Å². The molecule has 0 saturated carbocycles. The zero-order valence-corrected chi connectivity index (χ0v) is 17.9. The van der Waals surface area contributed by atoms with Gasteiger partial charge in [0.05, 0.1) is 5.56 Å². The summed E-state index contributed by atoms with van der Waals surface area (Å²) in [5.41, 5.74) is 0.0538. The van der Waals surface area contributed by atoms with Crippen LogP contribution in [0.15, 0.2) is 18.2 Å². The van der Waals surface area contributed by atoms with Crippen LogP contribution < -0.4 is 5.32 Å². The Labute approximate surface area is 175 Å². The van der Waals surface area contributed by atoms with Gasteiger partial charge in [0.1, 0.15) is 23.8 Å². The molecule has 0 atom stereocenters. The SMILES string of the molecule is CN(CC(=O)Nc1ccc(F)c(-c2nnc3n2CCCCC3)c1)C(=O)OC(C)(C)C. The van der Waals surface area contributed by atoms with Gasteiger partial charge in [0.15, 0.2) is 5.82 Å². The van der Waals surface area contributed by atoms with Crippen molar-refractivity contribution in [3.05, 3.63) is 29.8 Å². The molecule has 2 amide bonds. The molecule has 0 radical (unpaired) electrons. The molecule has 1 aromatic carbocycles. The van der Waals surface area contributed by atoms with Crippen LogP contribution in [0.4, 0.5) is 14.9 Å². The van der Waals surface area contributed by atoms with Crippen LogP contribution in [-0.4, -0.2) is 50.9 Å². The molecule has 8 nitrogen and oxygen atoms in total. The lowest BCUT2D eigenvalue weighted by Crippen LogP contribution is -2.38. The monoisotopic (exact) mass is 417 g/mol. The number of nitrogens with zero attached hydrogens (tertiary/aromatic N) is 4. The lowest BCUT2D eigenvalue weighted by molar-refractivity contribution is -0.117. The first-order valence-corrected chi connectivity index (χ1v) is 10.1. The first kappa shape index (κ1) is 21.7. The number of halogens is 1. The maximum Gasteiger partial charge on any atom is 0.410 e. The van der Waals surface area contributed by atoms with Crippen molar-refractivity contribution in [3.63, 3.8) is 0 Å². The van der Waals surface area contributed by atoms with Crippen LogP contribution in [0.3, 0.4) is 0 Å². The average Bonchev–Trinajstić information content (AvgIpc) is 2.89. The Morgan fingerprint density at radius 3 is 2.73 bits per heavy atom. The zero-order chi connectivity index (χ0) is 21.9. The number of fused-ring (bicyclic) bond motifs is 1. The normalized spacial score (nSPS) is 13.9. The zero-order valence-electron chi connectivity index (χ0n) is 17.9. The van der Waals surface area contributed by atoms with E-state index in [0.717, 1.165) is 38.1 Å². The Balaban J connectivity index is 1.72. The van der Waals surface area contributed by atoms with E-state index in [1.54, 1.807) is 26.8 Å². The summed E-state index contributed by atoms with van der Waals surface area (Å²) in [5.74, 6) is 0.473. The van der Waals surface area contributed by atoms with E-state index >= 15 is 0 Å². The molecule has 1 aliphatic heterocycles. The predicted octanol–water partition coefficient (Wildman–Crippen LogP) is 3.62. The van der Waals surface area contributed by atoms with E-state index in [9.17, 15) is 14.0 Å². The predicted molar refractivity (Wildman–Crippen MR) is 110 cm³/mol. The third-order valence-electron chi connectivity index (χ3n) is 4.69. The number of ether oxygens (including phenoxy) is 1. The summed E-state index contributed by atoms with van der Waals surface area (Å²) in [6, 6.07) is 4.31. The number of likely N-dealkylation sites (N-methyl/N-ethyl adjacent to an activating group) is 1. The van der Waals surface area contributed by atoms with Gasteiger partial charge in [-0.3, -0.25) is 4.79 Å². The van der Waals surface area contributed by atoms with Crippen LogP contribution in [0.5, 0.6) is 0 Å². The second kappa shape index (κ2) is 8.81. The van der Waals surface area contributed by atoms with E-state index in [2.05, 4.69) is 15.5 Å². The first-order valence-electron chi connectivity index (χ1n) is 10.1. The third kappa shape index (κ3) is 5.34. The van der Waals surface area contributed by atoms with Crippen molar-refractivity contribution >= 4 is 17.7 Å². The number of anilines is 1. The maximum atomic E-state index is 14.6. The second-order valence-electron chi connectivity index (χ2n) is 8.48. The molecule has 0 fully saturated rings. The van der Waals surface area contributed by atoms with Crippen LogP contribution in [-0.2, 0) is 22.5 Å². The molecule has 1 aromatic heterocycles. The van der Waals surface area contributed by atoms with Crippen molar-refractivity contribution in [1.29, 1.82) is 0 Å². The molecule has 0 spiro atoms. The van der Waals surface area contributed by atoms with Gasteiger partial charge in [0.25, 0.3) is 0 Å². The summed E-state index contributed by atoms with van der Waals surface area (Å²) in [7, 11) is 1.48. The van der Waals surface area contributed by atoms with E-state index in [1.165, 1.54) is 24.1 Å². The number of aromatic nitrogens is 3. The lowest BCUT2D eigenvalue weighted by atomic mass is 10.1. The highest BCUT2D eigenvalue weighted by molar-refractivity contribution is 5.94. The molecule has 1 aliphatic rings. The fourth-order valence-electron chi connectivity index (χ4n) is 3.28. The van der Waals surface area contributed by atoms with Crippen LogP contribution in [0.1, 0.15) is 45.9 Å². The van der Waals surface area contributed by atoms with Gasteiger partial charge in [-0.2, -0.15) is 0 Å². The Morgan fingerprint density at radius 2 is 2.00 bits per heavy atom. The van der Waals surface area contributed by atoms with E-state index in [4.69, 9.17) is 4.74 Å². The van der Waals surface area contributed by atoms with Gasteiger partial charge in [-0.1, -0.05) is 6.42 Å². The summed E-state index contributed by atoms with van der Waals surface area (Å²) in [6.45, 7) is 5.81. The minimum Gasteiger partial charge on any atom is -0.444 e. The highest BCUT2D eigenvalue weighted by atomic mass is 19.1. The van der Waals surface area contributed by atoms with Crippen molar-refractivity contribution < 1.29 is 18.7 Å².